The molecule has 2 amide bonds. The van der Waals surface area contributed by atoms with Gasteiger partial charge in [0.05, 0.1) is 0 Å². The fourth-order valence-corrected chi connectivity index (χ4v) is 4.26. The smallest absolute Gasteiger partial charge is 0.274 e. The molecule has 1 aromatic heterocycles. The van der Waals surface area contributed by atoms with E-state index in [1.165, 1.54) is 18.6 Å². The van der Waals surface area contributed by atoms with E-state index in [-0.39, 0.29) is 23.5 Å². The molecular formula is C22H28FN5O2. The minimum atomic E-state index is -0.255. The molecule has 1 aromatic carbocycles. The largest absolute Gasteiger partial charge is 0.368 e. The van der Waals surface area contributed by atoms with E-state index < -0.39 is 0 Å². The van der Waals surface area contributed by atoms with Crippen molar-refractivity contribution in [1.82, 2.24) is 14.7 Å². The molecule has 1 N–H and O–H groups in total. The Balaban J connectivity index is 1.35. The van der Waals surface area contributed by atoms with Gasteiger partial charge < -0.3 is 15.1 Å². The minimum absolute atomic E-state index is 0.0182. The number of nitrogens with one attached hydrogen (secondary N) is 1. The van der Waals surface area contributed by atoms with E-state index >= 15 is 0 Å². The molecule has 8 heteroatoms. The topological polar surface area (TPSA) is 70.5 Å². The number of piperazine rings is 1. The third kappa shape index (κ3) is 4.47. The molecule has 0 unspecified atom stereocenters. The van der Waals surface area contributed by atoms with Crippen molar-refractivity contribution in [3.8, 4) is 0 Å². The molecule has 1 aliphatic carbocycles. The van der Waals surface area contributed by atoms with Gasteiger partial charge in [-0.25, -0.2) is 4.39 Å². The summed E-state index contributed by atoms with van der Waals surface area (Å²) in [4.78, 5) is 29.3. The van der Waals surface area contributed by atoms with Crippen LogP contribution in [0.4, 0.5) is 15.9 Å². The molecule has 2 aromatic rings. The van der Waals surface area contributed by atoms with Crippen LogP contribution in [0.3, 0.4) is 0 Å². The predicted octanol–water partition coefficient (Wildman–Crippen LogP) is 3.04. The second kappa shape index (κ2) is 8.85. The number of halogens is 1. The van der Waals surface area contributed by atoms with E-state index in [0.717, 1.165) is 31.4 Å². The van der Waals surface area contributed by atoms with Crippen molar-refractivity contribution in [1.29, 1.82) is 0 Å². The maximum Gasteiger partial charge on any atom is 0.274 e. The molecule has 7 nitrogen and oxygen atoms in total. The van der Waals surface area contributed by atoms with Gasteiger partial charge in [-0.2, -0.15) is 5.10 Å². The van der Waals surface area contributed by atoms with Crippen LogP contribution in [0.25, 0.3) is 0 Å². The zero-order valence-corrected chi connectivity index (χ0v) is 17.3. The predicted molar refractivity (Wildman–Crippen MR) is 113 cm³/mol. The summed E-state index contributed by atoms with van der Waals surface area (Å²) in [5, 5.41) is 7.27. The van der Waals surface area contributed by atoms with Crippen molar-refractivity contribution < 1.29 is 14.0 Å². The number of nitrogens with zero attached hydrogens (tertiary/aromatic N) is 4. The third-order valence-electron chi connectivity index (χ3n) is 6.08. The number of hydrogen-bond acceptors (Lipinski definition) is 4. The first-order valence-electron chi connectivity index (χ1n) is 10.7. The summed E-state index contributed by atoms with van der Waals surface area (Å²) in [6, 6.07) is 8.07. The van der Waals surface area contributed by atoms with Crippen LogP contribution in [0.1, 0.15) is 42.6 Å². The van der Waals surface area contributed by atoms with Gasteiger partial charge in [0.25, 0.3) is 5.91 Å². The molecule has 1 saturated carbocycles. The van der Waals surface area contributed by atoms with Crippen LogP contribution in [0.2, 0.25) is 0 Å². The number of carbonyl (C=O) groups excluding carboxylic acids is 2. The van der Waals surface area contributed by atoms with E-state index in [9.17, 15) is 14.0 Å². The lowest BCUT2D eigenvalue weighted by Gasteiger charge is -2.35. The molecular weight excluding hydrogens is 385 g/mol. The van der Waals surface area contributed by atoms with Crippen LogP contribution < -0.4 is 10.2 Å². The van der Waals surface area contributed by atoms with Crippen molar-refractivity contribution in [3.05, 3.63) is 41.8 Å². The average molecular weight is 413 g/mol. The normalized spacial score (nSPS) is 17.8. The molecule has 2 aliphatic rings. The molecule has 4 rings (SSSR count). The van der Waals surface area contributed by atoms with Gasteiger partial charge in [0.15, 0.2) is 5.69 Å². The maximum absolute atomic E-state index is 13.1. The molecule has 2 fully saturated rings. The average Bonchev–Trinajstić information content (AvgIpc) is 3.14. The molecule has 160 valence electrons. The Bertz CT molecular complexity index is 897. The zero-order valence-electron chi connectivity index (χ0n) is 17.3. The number of anilines is 2. The first-order valence-corrected chi connectivity index (χ1v) is 10.7. The number of hydrogen-bond donors (Lipinski definition) is 1. The van der Waals surface area contributed by atoms with Crippen molar-refractivity contribution in [3.63, 3.8) is 0 Å². The molecule has 1 saturated heterocycles. The van der Waals surface area contributed by atoms with Crippen LogP contribution >= 0.6 is 0 Å². The Labute approximate surface area is 175 Å². The standard InChI is InChI=1S/C22H28FN5O2/c1-26-20(24-21(29)16-5-3-2-4-6-16)15-19(25-26)22(30)28-13-11-27(12-14-28)18-9-7-17(23)8-10-18/h7-10,15-16H,2-6,11-14H2,1H3,(H,24,29). The number of aromatic nitrogens is 2. The van der Waals surface area contributed by atoms with Gasteiger partial charge in [-0.15, -0.1) is 0 Å². The van der Waals surface area contributed by atoms with Gasteiger partial charge >= 0.3 is 0 Å². The van der Waals surface area contributed by atoms with Gasteiger partial charge in [0.1, 0.15) is 11.6 Å². The lowest BCUT2D eigenvalue weighted by Crippen LogP contribution is -2.48. The highest BCUT2D eigenvalue weighted by Gasteiger charge is 2.26. The fourth-order valence-electron chi connectivity index (χ4n) is 4.26. The molecule has 0 radical (unpaired) electrons. The Hall–Kier alpha value is -2.90. The Morgan fingerprint density at radius 3 is 2.37 bits per heavy atom. The van der Waals surface area contributed by atoms with E-state index in [1.54, 1.807) is 34.8 Å². The highest BCUT2D eigenvalue weighted by Crippen LogP contribution is 2.25. The van der Waals surface area contributed by atoms with Crippen LogP contribution in [0.5, 0.6) is 0 Å². The summed E-state index contributed by atoms with van der Waals surface area (Å²) in [6.07, 6.45) is 5.23. The second-order valence-electron chi connectivity index (χ2n) is 8.12. The molecule has 30 heavy (non-hydrogen) atoms. The van der Waals surface area contributed by atoms with Crippen molar-refractivity contribution in [2.45, 2.75) is 32.1 Å². The lowest BCUT2D eigenvalue weighted by atomic mass is 9.89. The molecule has 0 atom stereocenters. The number of amides is 2. The highest BCUT2D eigenvalue weighted by atomic mass is 19.1. The number of carbonyl (C=O) groups is 2. The summed E-state index contributed by atoms with van der Waals surface area (Å²) in [5.41, 5.74) is 1.29. The van der Waals surface area contributed by atoms with Crippen LogP contribution in [0, 0.1) is 11.7 Å². The SMILES string of the molecule is Cn1nc(C(=O)N2CCN(c3ccc(F)cc3)CC2)cc1NC(=O)C1CCCCC1. The molecule has 2 heterocycles. The summed E-state index contributed by atoms with van der Waals surface area (Å²) < 4.78 is 14.7. The molecule has 0 bridgehead atoms. The zero-order chi connectivity index (χ0) is 21.1. The Morgan fingerprint density at radius 2 is 1.70 bits per heavy atom. The Morgan fingerprint density at radius 1 is 1.03 bits per heavy atom. The third-order valence-corrected chi connectivity index (χ3v) is 6.08. The maximum atomic E-state index is 13.1. The van der Waals surface area contributed by atoms with Crippen molar-refractivity contribution >= 4 is 23.3 Å². The van der Waals surface area contributed by atoms with Crippen LogP contribution in [-0.2, 0) is 11.8 Å². The van der Waals surface area contributed by atoms with Crippen molar-refractivity contribution in [2.24, 2.45) is 13.0 Å². The summed E-state index contributed by atoms with van der Waals surface area (Å²) in [6.45, 7) is 2.48. The van der Waals surface area contributed by atoms with Gasteiger partial charge in [0, 0.05) is 50.9 Å². The first kappa shape index (κ1) is 20.4. The molecule has 0 spiro atoms. The van der Waals surface area contributed by atoms with Gasteiger partial charge in [-0.3, -0.25) is 14.3 Å². The second-order valence-corrected chi connectivity index (χ2v) is 8.12. The van der Waals surface area contributed by atoms with E-state index in [1.807, 2.05) is 0 Å². The number of aryl methyl sites for hydroxylation is 1. The van der Waals surface area contributed by atoms with E-state index in [2.05, 4.69) is 15.3 Å². The van der Waals surface area contributed by atoms with E-state index in [4.69, 9.17) is 0 Å². The van der Waals surface area contributed by atoms with Crippen LogP contribution in [0.15, 0.2) is 30.3 Å². The van der Waals surface area contributed by atoms with Crippen molar-refractivity contribution in [2.75, 3.05) is 36.4 Å². The fraction of sp³-hybridized carbons (Fsp3) is 0.500. The summed E-state index contributed by atoms with van der Waals surface area (Å²) in [5.74, 6) is 0.229. The minimum Gasteiger partial charge on any atom is -0.368 e. The Kier molecular flexibility index (Phi) is 6.01. The molecule has 1 aliphatic heterocycles. The monoisotopic (exact) mass is 413 g/mol. The lowest BCUT2D eigenvalue weighted by molar-refractivity contribution is -0.120. The van der Waals surface area contributed by atoms with Gasteiger partial charge in [0.2, 0.25) is 5.91 Å². The van der Waals surface area contributed by atoms with Gasteiger partial charge in [-0.05, 0) is 37.1 Å². The van der Waals surface area contributed by atoms with Crippen LogP contribution in [-0.4, -0.2) is 52.7 Å². The first-order chi connectivity index (χ1) is 14.5. The number of benzene rings is 1. The van der Waals surface area contributed by atoms with E-state index in [0.29, 0.717) is 37.7 Å². The van der Waals surface area contributed by atoms with Gasteiger partial charge in [-0.1, -0.05) is 19.3 Å². The quantitative estimate of drug-likeness (QED) is 0.837. The summed E-state index contributed by atoms with van der Waals surface area (Å²) in [7, 11) is 1.74. The summed E-state index contributed by atoms with van der Waals surface area (Å²) >= 11 is 0. The number of rotatable bonds is 4. The highest BCUT2D eigenvalue weighted by molar-refractivity contribution is 5.96.